The topological polar surface area (TPSA) is 88.1 Å². The lowest BCUT2D eigenvalue weighted by atomic mass is 10.3. The van der Waals surface area contributed by atoms with Crippen molar-refractivity contribution in [3.8, 4) is 0 Å². The van der Waals surface area contributed by atoms with Gasteiger partial charge in [-0.15, -0.1) is 16.4 Å². The van der Waals surface area contributed by atoms with Crippen LogP contribution in [0.2, 0.25) is 0 Å². The first kappa shape index (κ1) is 18.7. The standard InChI is InChI=1S/C16H17N5O2S3/c1-3-21(4-2)14(22)9-24-16-18-11-6-5-10(7-13(11)26-16)17-15(23)12-8-25-20-19-12/h5-8H,3-4,9H2,1-2H3,(H,17,23). The highest BCUT2D eigenvalue weighted by Crippen LogP contribution is 2.31. The molecule has 3 rings (SSSR count). The first-order valence-corrected chi connectivity index (χ1v) is 10.6. The molecule has 0 aliphatic carbocycles. The highest BCUT2D eigenvalue weighted by Gasteiger charge is 2.13. The Balaban J connectivity index is 1.67. The van der Waals surface area contributed by atoms with E-state index >= 15 is 0 Å². The van der Waals surface area contributed by atoms with Crippen LogP contribution in [-0.2, 0) is 4.79 Å². The molecule has 0 fully saturated rings. The highest BCUT2D eigenvalue weighted by molar-refractivity contribution is 8.01. The minimum Gasteiger partial charge on any atom is -0.343 e. The number of hydrogen-bond donors (Lipinski definition) is 1. The van der Waals surface area contributed by atoms with Gasteiger partial charge >= 0.3 is 0 Å². The number of carbonyl (C=O) groups is 2. The molecule has 10 heteroatoms. The van der Waals surface area contributed by atoms with Gasteiger partial charge in [-0.3, -0.25) is 9.59 Å². The van der Waals surface area contributed by atoms with Crippen molar-refractivity contribution in [2.24, 2.45) is 0 Å². The smallest absolute Gasteiger partial charge is 0.277 e. The van der Waals surface area contributed by atoms with Crippen molar-refractivity contribution in [2.45, 2.75) is 18.2 Å². The zero-order chi connectivity index (χ0) is 18.5. The Morgan fingerprint density at radius 1 is 1.27 bits per heavy atom. The lowest BCUT2D eigenvalue weighted by Gasteiger charge is -2.17. The van der Waals surface area contributed by atoms with Crippen molar-refractivity contribution in [1.29, 1.82) is 0 Å². The third-order valence-corrected chi connectivity index (χ3v) is 6.31. The van der Waals surface area contributed by atoms with Crippen LogP contribution in [0.1, 0.15) is 24.3 Å². The van der Waals surface area contributed by atoms with Gasteiger partial charge in [-0.1, -0.05) is 16.3 Å². The van der Waals surface area contributed by atoms with Gasteiger partial charge in [-0.2, -0.15) is 0 Å². The van der Waals surface area contributed by atoms with Crippen molar-refractivity contribution >= 4 is 62.3 Å². The molecule has 0 spiro atoms. The number of nitrogens with zero attached hydrogens (tertiary/aromatic N) is 4. The Hall–Kier alpha value is -2.04. The minimum absolute atomic E-state index is 0.115. The molecule has 0 radical (unpaired) electrons. The Labute approximate surface area is 163 Å². The minimum atomic E-state index is -0.290. The maximum atomic E-state index is 12.1. The van der Waals surface area contributed by atoms with Crippen LogP contribution >= 0.6 is 34.6 Å². The average molecular weight is 408 g/mol. The SMILES string of the molecule is CCN(CC)C(=O)CSc1nc2ccc(NC(=O)c3csnn3)cc2s1. The second-order valence-electron chi connectivity index (χ2n) is 5.26. The van der Waals surface area contributed by atoms with Gasteiger partial charge in [0.1, 0.15) is 0 Å². The molecule has 0 saturated carbocycles. The number of carbonyl (C=O) groups excluding carboxylic acids is 2. The zero-order valence-corrected chi connectivity index (χ0v) is 16.7. The first-order chi connectivity index (χ1) is 12.6. The van der Waals surface area contributed by atoms with Crippen molar-refractivity contribution in [3.63, 3.8) is 0 Å². The van der Waals surface area contributed by atoms with E-state index in [1.165, 1.54) is 23.1 Å². The second-order valence-corrected chi connectivity index (χ2v) is 8.12. The van der Waals surface area contributed by atoms with Gasteiger partial charge in [0.15, 0.2) is 10.0 Å². The van der Waals surface area contributed by atoms with Gasteiger partial charge in [0.2, 0.25) is 5.91 Å². The van der Waals surface area contributed by atoms with Gasteiger partial charge in [0.25, 0.3) is 5.91 Å². The van der Waals surface area contributed by atoms with Gasteiger partial charge < -0.3 is 10.2 Å². The van der Waals surface area contributed by atoms with E-state index in [0.29, 0.717) is 30.2 Å². The van der Waals surface area contributed by atoms with Crippen LogP contribution in [0.25, 0.3) is 10.2 Å². The Kier molecular flexibility index (Phi) is 6.17. The number of rotatable bonds is 7. The molecule has 136 valence electrons. The van der Waals surface area contributed by atoms with Crippen LogP contribution in [0.15, 0.2) is 27.9 Å². The van der Waals surface area contributed by atoms with E-state index in [4.69, 9.17) is 0 Å². The summed E-state index contributed by atoms with van der Waals surface area (Å²) in [5.74, 6) is 0.202. The van der Waals surface area contributed by atoms with Gasteiger partial charge in [-0.05, 0) is 43.6 Å². The van der Waals surface area contributed by atoms with Crippen molar-refractivity contribution in [3.05, 3.63) is 29.3 Å². The van der Waals surface area contributed by atoms with E-state index in [-0.39, 0.29) is 11.8 Å². The quantitative estimate of drug-likeness (QED) is 0.604. The maximum Gasteiger partial charge on any atom is 0.277 e. The summed E-state index contributed by atoms with van der Waals surface area (Å²) in [4.78, 5) is 30.5. The monoisotopic (exact) mass is 407 g/mol. The summed E-state index contributed by atoms with van der Waals surface area (Å²) in [5, 5.41) is 8.16. The average Bonchev–Trinajstić information content (AvgIpc) is 3.30. The predicted octanol–water partition coefficient (Wildman–Crippen LogP) is 3.36. The number of amides is 2. The maximum absolute atomic E-state index is 12.1. The molecular weight excluding hydrogens is 390 g/mol. The van der Waals surface area contributed by atoms with Gasteiger partial charge in [0, 0.05) is 24.2 Å². The third kappa shape index (κ3) is 4.37. The van der Waals surface area contributed by atoms with Crippen molar-refractivity contribution in [1.82, 2.24) is 19.5 Å². The molecule has 0 bridgehead atoms. The molecule has 0 saturated heterocycles. The third-order valence-electron chi connectivity index (χ3n) is 3.65. The Bertz CT molecular complexity index is 906. The number of benzene rings is 1. The number of anilines is 1. The molecule has 1 N–H and O–H groups in total. The molecule has 0 aliphatic heterocycles. The summed E-state index contributed by atoms with van der Waals surface area (Å²) in [6.07, 6.45) is 0. The number of thiazole rings is 1. The molecule has 26 heavy (non-hydrogen) atoms. The lowest BCUT2D eigenvalue weighted by molar-refractivity contribution is -0.127. The van der Waals surface area contributed by atoms with Crippen LogP contribution < -0.4 is 5.32 Å². The number of fused-ring (bicyclic) bond motifs is 1. The molecular formula is C16H17N5O2S3. The summed E-state index contributed by atoms with van der Waals surface area (Å²) < 4.78 is 5.48. The van der Waals surface area contributed by atoms with Crippen LogP contribution in [0, 0.1) is 0 Å². The molecule has 2 amide bonds. The number of aromatic nitrogens is 3. The van der Waals surface area contributed by atoms with Crippen molar-refractivity contribution in [2.75, 3.05) is 24.2 Å². The van der Waals surface area contributed by atoms with E-state index in [0.717, 1.165) is 26.1 Å². The molecule has 0 unspecified atom stereocenters. The fourth-order valence-electron chi connectivity index (χ4n) is 2.29. The Morgan fingerprint density at radius 2 is 2.08 bits per heavy atom. The summed E-state index contributed by atoms with van der Waals surface area (Å²) in [5.41, 5.74) is 1.82. The summed E-state index contributed by atoms with van der Waals surface area (Å²) >= 11 is 4.09. The number of hydrogen-bond acceptors (Lipinski definition) is 8. The molecule has 0 atom stereocenters. The molecule has 0 aliphatic rings. The predicted molar refractivity (Wildman–Crippen MR) is 106 cm³/mol. The van der Waals surface area contributed by atoms with Crippen LogP contribution in [0.3, 0.4) is 0 Å². The fraction of sp³-hybridized carbons (Fsp3) is 0.312. The van der Waals surface area contributed by atoms with E-state index in [1.807, 2.05) is 26.0 Å². The highest BCUT2D eigenvalue weighted by atomic mass is 32.2. The van der Waals surface area contributed by atoms with E-state index in [1.54, 1.807) is 16.3 Å². The summed E-state index contributed by atoms with van der Waals surface area (Å²) in [6, 6.07) is 5.53. The van der Waals surface area contributed by atoms with Crippen LogP contribution in [0.5, 0.6) is 0 Å². The second kappa shape index (κ2) is 8.56. The number of nitrogens with one attached hydrogen (secondary N) is 1. The number of thioether (sulfide) groups is 1. The molecule has 2 heterocycles. The molecule has 7 nitrogen and oxygen atoms in total. The Morgan fingerprint density at radius 3 is 2.77 bits per heavy atom. The largest absolute Gasteiger partial charge is 0.343 e. The van der Waals surface area contributed by atoms with Crippen LogP contribution in [-0.4, -0.2) is 50.1 Å². The van der Waals surface area contributed by atoms with E-state index < -0.39 is 0 Å². The molecule has 1 aromatic carbocycles. The van der Waals surface area contributed by atoms with Gasteiger partial charge in [0.05, 0.1) is 16.0 Å². The summed E-state index contributed by atoms with van der Waals surface area (Å²) in [7, 11) is 0. The van der Waals surface area contributed by atoms with E-state index in [2.05, 4.69) is 19.9 Å². The summed E-state index contributed by atoms with van der Waals surface area (Å²) in [6.45, 7) is 5.38. The fourth-order valence-corrected chi connectivity index (χ4v) is 4.74. The van der Waals surface area contributed by atoms with E-state index in [9.17, 15) is 9.59 Å². The lowest BCUT2D eigenvalue weighted by Crippen LogP contribution is -2.31. The normalized spacial score (nSPS) is 10.8. The van der Waals surface area contributed by atoms with Crippen LogP contribution in [0.4, 0.5) is 5.69 Å². The molecule has 2 aromatic heterocycles. The molecule has 3 aromatic rings. The zero-order valence-electron chi connectivity index (χ0n) is 14.3. The first-order valence-electron chi connectivity index (χ1n) is 8.00. The van der Waals surface area contributed by atoms with Gasteiger partial charge in [-0.25, -0.2) is 4.98 Å². The van der Waals surface area contributed by atoms with Crippen molar-refractivity contribution < 1.29 is 9.59 Å².